The predicted octanol–water partition coefficient (Wildman–Crippen LogP) is 4.33. The van der Waals surface area contributed by atoms with E-state index < -0.39 is 0 Å². The molecular formula is C15H12Cl2N4S. The van der Waals surface area contributed by atoms with Crippen molar-refractivity contribution in [1.29, 1.82) is 0 Å². The zero-order valence-corrected chi connectivity index (χ0v) is 13.8. The molecule has 2 aromatic heterocycles. The second-order valence-electron chi connectivity index (χ2n) is 5.17. The summed E-state index contributed by atoms with van der Waals surface area (Å²) in [5.41, 5.74) is 3.45. The van der Waals surface area contributed by atoms with E-state index in [-0.39, 0.29) is 0 Å². The molecule has 3 aromatic rings. The van der Waals surface area contributed by atoms with Crippen LogP contribution in [0.1, 0.15) is 11.1 Å². The second kappa shape index (κ2) is 5.74. The van der Waals surface area contributed by atoms with Gasteiger partial charge in [-0.25, -0.2) is 9.29 Å². The van der Waals surface area contributed by atoms with Crippen LogP contribution in [0.25, 0.3) is 11.0 Å². The van der Waals surface area contributed by atoms with E-state index in [9.17, 15) is 0 Å². The molecule has 0 spiro atoms. The van der Waals surface area contributed by atoms with Gasteiger partial charge in [0.15, 0.2) is 5.65 Å². The highest BCUT2D eigenvalue weighted by atomic mass is 35.5. The van der Waals surface area contributed by atoms with E-state index >= 15 is 0 Å². The highest BCUT2D eigenvalue weighted by molar-refractivity contribution is 7.97. The van der Waals surface area contributed by atoms with E-state index in [0.29, 0.717) is 10.0 Å². The third kappa shape index (κ3) is 2.58. The van der Waals surface area contributed by atoms with Crippen LogP contribution in [0.3, 0.4) is 0 Å². The highest BCUT2D eigenvalue weighted by Crippen LogP contribution is 2.35. The van der Waals surface area contributed by atoms with Gasteiger partial charge in [0.25, 0.3) is 0 Å². The van der Waals surface area contributed by atoms with Gasteiger partial charge in [-0.05, 0) is 47.7 Å². The molecule has 0 saturated carbocycles. The number of pyridine rings is 1. The van der Waals surface area contributed by atoms with Crippen molar-refractivity contribution in [3.8, 4) is 0 Å². The number of hydrogen-bond donors (Lipinski definition) is 1. The van der Waals surface area contributed by atoms with Gasteiger partial charge in [0.1, 0.15) is 0 Å². The van der Waals surface area contributed by atoms with Gasteiger partial charge in [-0.15, -0.1) is 0 Å². The van der Waals surface area contributed by atoms with E-state index in [4.69, 9.17) is 23.2 Å². The zero-order chi connectivity index (χ0) is 15.1. The molecule has 7 heteroatoms. The minimum atomic E-state index is 0.657. The van der Waals surface area contributed by atoms with Crippen LogP contribution >= 0.6 is 35.1 Å². The van der Waals surface area contributed by atoms with Gasteiger partial charge in [0.05, 0.1) is 11.2 Å². The molecule has 112 valence electrons. The smallest absolute Gasteiger partial charge is 0.155 e. The van der Waals surface area contributed by atoms with E-state index in [0.717, 1.165) is 35.4 Å². The van der Waals surface area contributed by atoms with Crippen molar-refractivity contribution in [2.24, 2.45) is 0 Å². The Morgan fingerprint density at radius 2 is 2.14 bits per heavy atom. The first-order chi connectivity index (χ1) is 10.7. The van der Waals surface area contributed by atoms with Crippen molar-refractivity contribution >= 4 is 46.2 Å². The van der Waals surface area contributed by atoms with Gasteiger partial charge in [-0.3, -0.25) is 5.10 Å². The topological polar surface area (TPSA) is 44.8 Å². The molecule has 4 rings (SSSR count). The maximum Gasteiger partial charge on any atom is 0.155 e. The summed E-state index contributed by atoms with van der Waals surface area (Å²) in [6.07, 6.45) is 4.78. The zero-order valence-electron chi connectivity index (χ0n) is 11.5. The lowest BCUT2D eigenvalue weighted by atomic mass is 10.0. The molecule has 0 unspecified atom stereocenters. The lowest BCUT2D eigenvalue weighted by Gasteiger charge is -2.27. The number of aromatic amines is 1. The Bertz CT molecular complexity index is 849. The number of nitrogens with zero attached hydrogens (tertiary/aromatic N) is 3. The van der Waals surface area contributed by atoms with Gasteiger partial charge < -0.3 is 0 Å². The monoisotopic (exact) mass is 350 g/mol. The Morgan fingerprint density at radius 3 is 3.00 bits per heavy atom. The van der Waals surface area contributed by atoms with Crippen LogP contribution in [0.15, 0.2) is 35.5 Å². The number of fused-ring (bicyclic) bond motifs is 3. The average molecular weight is 351 g/mol. The number of rotatable bonds is 2. The van der Waals surface area contributed by atoms with Crippen molar-refractivity contribution in [2.45, 2.75) is 17.9 Å². The largest absolute Gasteiger partial charge is 0.261 e. The molecule has 1 N–H and O–H groups in total. The van der Waals surface area contributed by atoms with E-state index in [1.807, 2.05) is 24.5 Å². The molecule has 22 heavy (non-hydrogen) atoms. The first kappa shape index (κ1) is 14.3. The number of benzene rings is 1. The second-order valence-corrected chi connectivity index (χ2v) is 7.16. The summed E-state index contributed by atoms with van der Waals surface area (Å²) in [5.74, 6) is 0. The minimum absolute atomic E-state index is 0.657. The average Bonchev–Trinajstić information content (AvgIpc) is 2.99. The van der Waals surface area contributed by atoms with Crippen molar-refractivity contribution < 1.29 is 0 Å². The molecule has 0 amide bonds. The van der Waals surface area contributed by atoms with E-state index in [1.165, 1.54) is 11.1 Å². The molecular weight excluding hydrogens is 339 g/mol. The first-order valence-corrected chi connectivity index (χ1v) is 8.41. The van der Waals surface area contributed by atoms with Crippen LogP contribution in [0, 0.1) is 0 Å². The normalized spacial score (nSPS) is 15.2. The number of aromatic nitrogens is 3. The Labute approximate surface area is 142 Å². The highest BCUT2D eigenvalue weighted by Gasteiger charge is 2.21. The Morgan fingerprint density at radius 1 is 1.23 bits per heavy atom. The number of hydrogen-bond acceptors (Lipinski definition) is 4. The summed E-state index contributed by atoms with van der Waals surface area (Å²) in [6, 6.07) is 5.60. The maximum absolute atomic E-state index is 6.26. The molecule has 0 fully saturated rings. The fourth-order valence-corrected chi connectivity index (χ4v) is 4.15. The predicted molar refractivity (Wildman–Crippen MR) is 90.3 cm³/mol. The molecule has 1 aliphatic rings. The SMILES string of the molecule is Clc1ccc(SN2CCc3c(cnc4[nH]ncc34)C2)c(Cl)c1. The summed E-state index contributed by atoms with van der Waals surface area (Å²) >= 11 is 13.9. The lowest BCUT2D eigenvalue weighted by molar-refractivity contribution is 0.445. The molecule has 0 saturated heterocycles. The van der Waals surface area contributed by atoms with Gasteiger partial charge in [0, 0.05) is 34.6 Å². The van der Waals surface area contributed by atoms with Crippen LogP contribution in [-0.4, -0.2) is 26.0 Å². The summed E-state index contributed by atoms with van der Waals surface area (Å²) in [5, 5.41) is 9.48. The third-order valence-corrected chi connectivity index (χ3v) is 5.54. The molecule has 0 aliphatic carbocycles. The van der Waals surface area contributed by atoms with Crippen LogP contribution in [0.4, 0.5) is 0 Å². The Hall–Kier alpha value is -1.27. The van der Waals surface area contributed by atoms with Gasteiger partial charge in [-0.2, -0.15) is 5.10 Å². The van der Waals surface area contributed by atoms with Crippen molar-refractivity contribution in [3.05, 3.63) is 51.8 Å². The molecule has 0 atom stereocenters. The maximum atomic E-state index is 6.26. The van der Waals surface area contributed by atoms with Gasteiger partial charge in [0.2, 0.25) is 0 Å². The van der Waals surface area contributed by atoms with Crippen LogP contribution < -0.4 is 0 Å². The van der Waals surface area contributed by atoms with Crippen molar-refractivity contribution in [1.82, 2.24) is 19.5 Å². The number of halogens is 2. The summed E-state index contributed by atoms with van der Waals surface area (Å²) < 4.78 is 2.30. The fourth-order valence-electron chi connectivity index (χ4n) is 2.70. The lowest BCUT2D eigenvalue weighted by Crippen LogP contribution is -2.25. The minimum Gasteiger partial charge on any atom is -0.261 e. The molecule has 0 radical (unpaired) electrons. The summed E-state index contributed by atoms with van der Waals surface area (Å²) in [6.45, 7) is 1.80. The molecule has 1 aliphatic heterocycles. The molecule has 3 heterocycles. The first-order valence-electron chi connectivity index (χ1n) is 6.88. The Balaban J connectivity index is 1.59. The van der Waals surface area contributed by atoms with E-state index in [1.54, 1.807) is 18.0 Å². The molecule has 0 bridgehead atoms. The fraction of sp³-hybridized carbons (Fsp3) is 0.200. The van der Waals surface area contributed by atoms with Crippen molar-refractivity contribution in [2.75, 3.05) is 6.54 Å². The van der Waals surface area contributed by atoms with E-state index in [2.05, 4.69) is 19.5 Å². The van der Waals surface area contributed by atoms with Gasteiger partial charge in [-0.1, -0.05) is 23.2 Å². The van der Waals surface area contributed by atoms with Crippen LogP contribution in [-0.2, 0) is 13.0 Å². The Kier molecular flexibility index (Phi) is 3.74. The van der Waals surface area contributed by atoms with Gasteiger partial charge >= 0.3 is 0 Å². The molecule has 4 nitrogen and oxygen atoms in total. The van der Waals surface area contributed by atoms with Crippen molar-refractivity contribution in [3.63, 3.8) is 0 Å². The summed E-state index contributed by atoms with van der Waals surface area (Å²) in [7, 11) is 0. The molecule has 1 aromatic carbocycles. The standard InChI is InChI=1S/C15H12Cl2N4S/c16-10-1-2-14(13(17)5-10)22-21-4-3-11-9(8-21)6-18-15-12(11)7-19-20-15/h1-2,5-7H,3-4,8H2,(H,18,19,20). The summed E-state index contributed by atoms with van der Waals surface area (Å²) in [4.78, 5) is 5.45. The van der Waals surface area contributed by atoms with Crippen LogP contribution in [0.2, 0.25) is 10.0 Å². The number of H-pyrrole nitrogens is 1. The third-order valence-electron chi connectivity index (χ3n) is 3.76. The van der Waals surface area contributed by atoms with Crippen LogP contribution in [0.5, 0.6) is 0 Å². The number of nitrogens with one attached hydrogen (secondary N) is 1. The quantitative estimate of drug-likeness (QED) is 0.698.